The number of amidine groups is 1. The second-order valence-corrected chi connectivity index (χ2v) is 4.32. The SMILES string of the molecule is CN(c1cccc(C(=N)N)n1)C(C)(C)CO. The minimum atomic E-state index is -0.400. The maximum absolute atomic E-state index is 9.27. The highest BCUT2D eigenvalue weighted by Crippen LogP contribution is 2.19. The Labute approximate surface area is 95.4 Å². The Morgan fingerprint density at radius 3 is 2.69 bits per heavy atom. The topological polar surface area (TPSA) is 86.2 Å². The molecule has 0 radical (unpaired) electrons. The highest BCUT2D eigenvalue weighted by molar-refractivity contribution is 5.93. The van der Waals surface area contributed by atoms with Gasteiger partial charge in [-0.3, -0.25) is 5.41 Å². The lowest BCUT2D eigenvalue weighted by Gasteiger charge is -2.35. The summed E-state index contributed by atoms with van der Waals surface area (Å²) in [5.74, 6) is 0.629. The van der Waals surface area contributed by atoms with Crippen molar-refractivity contribution in [3.63, 3.8) is 0 Å². The number of pyridine rings is 1. The lowest BCUT2D eigenvalue weighted by atomic mass is 10.1. The van der Waals surface area contributed by atoms with E-state index in [1.165, 1.54) is 0 Å². The van der Waals surface area contributed by atoms with Gasteiger partial charge in [0.05, 0.1) is 12.1 Å². The molecular formula is C11H18N4O. The molecule has 0 atom stereocenters. The van der Waals surface area contributed by atoms with E-state index < -0.39 is 5.54 Å². The first kappa shape index (κ1) is 12.4. The van der Waals surface area contributed by atoms with E-state index in [0.717, 1.165) is 0 Å². The largest absolute Gasteiger partial charge is 0.394 e. The molecule has 0 amide bonds. The van der Waals surface area contributed by atoms with E-state index in [0.29, 0.717) is 11.5 Å². The van der Waals surface area contributed by atoms with E-state index >= 15 is 0 Å². The van der Waals surface area contributed by atoms with Crippen molar-refractivity contribution in [3.05, 3.63) is 23.9 Å². The van der Waals surface area contributed by atoms with Crippen LogP contribution in [0.2, 0.25) is 0 Å². The van der Waals surface area contributed by atoms with Crippen LogP contribution in [0.3, 0.4) is 0 Å². The molecule has 1 aromatic heterocycles. The first-order valence-electron chi connectivity index (χ1n) is 5.04. The summed E-state index contributed by atoms with van der Waals surface area (Å²) in [6.45, 7) is 3.85. The van der Waals surface area contributed by atoms with Crippen LogP contribution in [0, 0.1) is 5.41 Å². The van der Waals surface area contributed by atoms with Crippen molar-refractivity contribution in [2.45, 2.75) is 19.4 Å². The molecular weight excluding hydrogens is 204 g/mol. The Kier molecular flexibility index (Phi) is 3.49. The number of aromatic nitrogens is 1. The van der Waals surface area contributed by atoms with Crippen molar-refractivity contribution >= 4 is 11.7 Å². The zero-order chi connectivity index (χ0) is 12.3. The van der Waals surface area contributed by atoms with Gasteiger partial charge in [0.2, 0.25) is 0 Å². The zero-order valence-electron chi connectivity index (χ0n) is 9.86. The summed E-state index contributed by atoms with van der Waals surface area (Å²) in [5, 5.41) is 16.6. The van der Waals surface area contributed by atoms with E-state index in [2.05, 4.69) is 4.98 Å². The predicted octanol–water partition coefficient (Wildman–Crippen LogP) is 0.573. The number of aliphatic hydroxyl groups is 1. The normalized spacial score (nSPS) is 11.2. The second kappa shape index (κ2) is 4.49. The van der Waals surface area contributed by atoms with Crippen LogP contribution in [0.15, 0.2) is 18.2 Å². The molecule has 4 N–H and O–H groups in total. The first-order valence-corrected chi connectivity index (χ1v) is 5.04. The molecule has 16 heavy (non-hydrogen) atoms. The van der Waals surface area contributed by atoms with Crippen LogP contribution >= 0.6 is 0 Å². The third kappa shape index (κ3) is 2.49. The van der Waals surface area contributed by atoms with Crippen LogP contribution in [0.25, 0.3) is 0 Å². The molecule has 1 rings (SSSR count). The molecule has 0 saturated heterocycles. The van der Waals surface area contributed by atoms with Crippen molar-refractivity contribution in [2.24, 2.45) is 5.73 Å². The van der Waals surface area contributed by atoms with Gasteiger partial charge >= 0.3 is 0 Å². The lowest BCUT2D eigenvalue weighted by Crippen LogP contribution is -2.45. The summed E-state index contributed by atoms with van der Waals surface area (Å²) in [5.41, 5.74) is 5.42. The van der Waals surface area contributed by atoms with Crippen LogP contribution in [0.1, 0.15) is 19.5 Å². The average Bonchev–Trinajstić information content (AvgIpc) is 2.28. The number of aliphatic hydroxyl groups excluding tert-OH is 1. The van der Waals surface area contributed by atoms with Gasteiger partial charge in [-0.15, -0.1) is 0 Å². The van der Waals surface area contributed by atoms with Gasteiger partial charge in [0.25, 0.3) is 0 Å². The third-order valence-electron chi connectivity index (χ3n) is 2.65. The van der Waals surface area contributed by atoms with Gasteiger partial charge in [0, 0.05) is 7.05 Å². The monoisotopic (exact) mass is 222 g/mol. The van der Waals surface area contributed by atoms with Crippen molar-refractivity contribution in [3.8, 4) is 0 Å². The molecule has 0 aliphatic heterocycles. The van der Waals surface area contributed by atoms with Crippen molar-refractivity contribution in [1.82, 2.24) is 4.98 Å². The summed E-state index contributed by atoms with van der Waals surface area (Å²) < 4.78 is 0. The fourth-order valence-corrected chi connectivity index (χ4v) is 1.18. The van der Waals surface area contributed by atoms with Gasteiger partial charge in [-0.25, -0.2) is 4.98 Å². The summed E-state index contributed by atoms with van der Waals surface area (Å²) in [7, 11) is 1.85. The molecule has 0 aromatic carbocycles. The van der Waals surface area contributed by atoms with Crippen molar-refractivity contribution in [2.75, 3.05) is 18.6 Å². The minimum Gasteiger partial charge on any atom is -0.394 e. The molecule has 0 aliphatic rings. The fraction of sp³-hybridized carbons (Fsp3) is 0.455. The number of hydrogen-bond acceptors (Lipinski definition) is 4. The highest BCUT2D eigenvalue weighted by atomic mass is 16.3. The van der Waals surface area contributed by atoms with Crippen LogP contribution in [0.4, 0.5) is 5.82 Å². The van der Waals surface area contributed by atoms with Gasteiger partial charge in [0.15, 0.2) is 0 Å². The molecule has 5 nitrogen and oxygen atoms in total. The highest BCUT2D eigenvalue weighted by Gasteiger charge is 2.23. The number of anilines is 1. The van der Waals surface area contributed by atoms with Gasteiger partial charge in [-0.2, -0.15) is 0 Å². The Bertz CT molecular complexity index is 389. The first-order chi connectivity index (χ1) is 7.38. The van der Waals surface area contributed by atoms with E-state index in [1.54, 1.807) is 12.1 Å². The van der Waals surface area contributed by atoms with Gasteiger partial charge in [-0.05, 0) is 26.0 Å². The summed E-state index contributed by atoms with van der Waals surface area (Å²) in [6, 6.07) is 5.30. The molecule has 88 valence electrons. The van der Waals surface area contributed by atoms with Crippen LogP contribution < -0.4 is 10.6 Å². The molecule has 0 unspecified atom stereocenters. The quantitative estimate of drug-likeness (QED) is 0.513. The molecule has 1 aromatic rings. The number of nitrogen functional groups attached to an aromatic ring is 1. The number of nitrogens with two attached hydrogens (primary N) is 1. The van der Waals surface area contributed by atoms with E-state index in [1.807, 2.05) is 31.9 Å². The zero-order valence-corrected chi connectivity index (χ0v) is 9.86. The lowest BCUT2D eigenvalue weighted by molar-refractivity contribution is 0.215. The minimum absolute atomic E-state index is 0.0233. The fourth-order valence-electron chi connectivity index (χ4n) is 1.18. The summed E-state index contributed by atoms with van der Waals surface area (Å²) >= 11 is 0. The Balaban J connectivity index is 3.05. The average molecular weight is 222 g/mol. The molecule has 0 aliphatic carbocycles. The van der Waals surface area contributed by atoms with Gasteiger partial charge in [0.1, 0.15) is 17.3 Å². The molecule has 1 heterocycles. The molecule has 0 fully saturated rings. The number of hydrogen-bond donors (Lipinski definition) is 3. The number of nitrogens with one attached hydrogen (secondary N) is 1. The van der Waals surface area contributed by atoms with Crippen LogP contribution in [-0.4, -0.2) is 35.1 Å². The maximum Gasteiger partial charge on any atom is 0.141 e. The second-order valence-electron chi connectivity index (χ2n) is 4.32. The number of likely N-dealkylation sites (N-methyl/N-ethyl adjacent to an activating group) is 1. The van der Waals surface area contributed by atoms with Crippen molar-refractivity contribution in [1.29, 1.82) is 5.41 Å². The predicted molar refractivity (Wildman–Crippen MR) is 64.8 cm³/mol. The van der Waals surface area contributed by atoms with E-state index in [4.69, 9.17) is 11.1 Å². The Morgan fingerprint density at radius 2 is 2.19 bits per heavy atom. The summed E-state index contributed by atoms with van der Waals surface area (Å²) in [4.78, 5) is 6.11. The molecule has 5 heteroatoms. The van der Waals surface area contributed by atoms with Crippen molar-refractivity contribution < 1.29 is 5.11 Å². The van der Waals surface area contributed by atoms with E-state index in [9.17, 15) is 5.11 Å². The maximum atomic E-state index is 9.27. The van der Waals surface area contributed by atoms with Crippen LogP contribution in [-0.2, 0) is 0 Å². The van der Waals surface area contributed by atoms with Gasteiger partial charge in [-0.1, -0.05) is 6.07 Å². The van der Waals surface area contributed by atoms with Gasteiger partial charge < -0.3 is 15.7 Å². The van der Waals surface area contributed by atoms with E-state index in [-0.39, 0.29) is 12.4 Å². The Hall–Kier alpha value is -1.62. The number of rotatable bonds is 4. The molecule has 0 spiro atoms. The van der Waals surface area contributed by atoms with Crippen LogP contribution in [0.5, 0.6) is 0 Å². The Morgan fingerprint density at radius 1 is 1.56 bits per heavy atom. The summed E-state index contributed by atoms with van der Waals surface area (Å²) in [6.07, 6.45) is 0. The molecule has 0 saturated carbocycles. The number of nitrogens with zero attached hydrogens (tertiary/aromatic N) is 2. The third-order valence-corrected chi connectivity index (χ3v) is 2.65. The standard InChI is InChI=1S/C11H18N4O/c1-11(2,7-16)15(3)9-6-4-5-8(14-9)10(12)13/h4-6,16H,7H2,1-3H3,(H3,12,13). The molecule has 0 bridgehead atoms. The smallest absolute Gasteiger partial charge is 0.141 e.